The molecule has 0 saturated heterocycles. The van der Waals surface area contributed by atoms with Crippen LogP contribution in [0.3, 0.4) is 0 Å². The van der Waals surface area contributed by atoms with Gasteiger partial charge in [-0.2, -0.15) is 0 Å². The lowest BCUT2D eigenvalue weighted by Crippen LogP contribution is -2.44. The number of aliphatic imine (C=N–C) groups is 1. The van der Waals surface area contributed by atoms with Gasteiger partial charge in [0.15, 0.2) is 0 Å². The van der Waals surface area contributed by atoms with Crippen LogP contribution in [0, 0.1) is 0 Å². The quantitative estimate of drug-likeness (QED) is 0.274. The summed E-state index contributed by atoms with van der Waals surface area (Å²) >= 11 is 0. The molecule has 0 spiro atoms. The van der Waals surface area contributed by atoms with Crippen molar-refractivity contribution in [2.24, 2.45) is 4.99 Å². The van der Waals surface area contributed by atoms with Crippen LogP contribution in [0.4, 0.5) is 0 Å². The van der Waals surface area contributed by atoms with Crippen LogP contribution >= 0.6 is 0 Å². The van der Waals surface area contributed by atoms with Crippen molar-refractivity contribution >= 4 is 22.6 Å². The summed E-state index contributed by atoms with van der Waals surface area (Å²) in [6.07, 6.45) is 1.85. The minimum absolute atomic E-state index is 0.392. The molecule has 1 aliphatic rings. The Morgan fingerprint density at radius 3 is 2.26 bits per heavy atom. The Labute approximate surface area is 199 Å². The van der Waals surface area contributed by atoms with Gasteiger partial charge in [-0.05, 0) is 28.0 Å². The number of rotatable bonds is 6. The summed E-state index contributed by atoms with van der Waals surface area (Å²) in [7, 11) is 1.43. The van der Waals surface area contributed by atoms with E-state index in [9.17, 15) is 4.79 Å². The first-order valence-corrected chi connectivity index (χ1v) is 11.3. The molecule has 0 saturated carbocycles. The second-order valence-electron chi connectivity index (χ2n) is 8.38. The number of hydrogen-bond donors (Lipinski definition) is 0. The predicted octanol–water partition coefficient (Wildman–Crippen LogP) is 5.90. The van der Waals surface area contributed by atoms with Gasteiger partial charge in [-0.25, -0.2) is 9.79 Å². The maximum atomic E-state index is 13.7. The number of esters is 1. The molecule has 0 aliphatic carbocycles. The van der Waals surface area contributed by atoms with Gasteiger partial charge in [-0.3, -0.25) is 0 Å². The van der Waals surface area contributed by atoms with Crippen molar-refractivity contribution in [2.45, 2.75) is 11.6 Å². The molecule has 2 atom stereocenters. The normalized spacial score (nSPS) is 19.6. The molecule has 0 fully saturated rings. The van der Waals surface area contributed by atoms with Crippen LogP contribution in [0.1, 0.15) is 22.7 Å². The second kappa shape index (κ2) is 8.99. The van der Waals surface area contributed by atoms with E-state index in [2.05, 4.69) is 41.8 Å². The van der Waals surface area contributed by atoms with Gasteiger partial charge in [0, 0.05) is 12.1 Å². The molecule has 1 aliphatic heterocycles. The van der Waals surface area contributed by atoms with Crippen molar-refractivity contribution in [1.29, 1.82) is 0 Å². The molecule has 4 aromatic carbocycles. The van der Waals surface area contributed by atoms with E-state index in [-0.39, 0.29) is 0 Å². The first-order chi connectivity index (χ1) is 16.7. The van der Waals surface area contributed by atoms with Crippen molar-refractivity contribution in [3.05, 3.63) is 132 Å². The fourth-order valence-corrected chi connectivity index (χ4v) is 4.93. The van der Waals surface area contributed by atoms with E-state index in [1.54, 1.807) is 0 Å². The molecule has 4 nitrogen and oxygen atoms in total. The maximum Gasteiger partial charge on any atom is 0.341 e. The lowest BCUT2D eigenvalue weighted by atomic mass is 9.79. The van der Waals surface area contributed by atoms with Crippen molar-refractivity contribution in [3.63, 3.8) is 0 Å². The van der Waals surface area contributed by atoms with Crippen LogP contribution in [0.15, 0.2) is 121 Å². The van der Waals surface area contributed by atoms with E-state index in [1.165, 1.54) is 7.11 Å². The molecule has 168 valence electrons. The summed E-state index contributed by atoms with van der Waals surface area (Å²) in [5, 5.41) is 2.26. The number of nitrogens with zero attached hydrogens (tertiary/aromatic N) is 2. The molecule has 4 aromatic rings. The SMILES string of the molecule is C=CCN1C(c2ccccc2)=NC(C(=O)OC)(c2ccccc2)C1c1ccc2ccccc2c1. The molecule has 0 amide bonds. The molecule has 0 aromatic heterocycles. The Hall–Kier alpha value is -4.18. The highest BCUT2D eigenvalue weighted by Crippen LogP contribution is 2.49. The second-order valence-corrected chi connectivity index (χ2v) is 8.38. The molecule has 4 heteroatoms. The number of carbonyl (C=O) groups excluding carboxylic acids is 1. The van der Waals surface area contributed by atoms with Gasteiger partial charge in [0.25, 0.3) is 0 Å². The lowest BCUT2D eigenvalue weighted by molar-refractivity contribution is -0.149. The number of benzene rings is 4. The largest absolute Gasteiger partial charge is 0.467 e. The molecule has 0 N–H and O–H groups in total. The minimum atomic E-state index is -1.27. The van der Waals surface area contributed by atoms with Crippen molar-refractivity contribution in [1.82, 2.24) is 4.90 Å². The molecule has 1 heterocycles. The number of hydrogen-bond acceptors (Lipinski definition) is 4. The van der Waals surface area contributed by atoms with Crippen LogP contribution < -0.4 is 0 Å². The smallest absolute Gasteiger partial charge is 0.341 e. The standard InChI is InChI=1S/C30H26N2O2/c1-3-20-32-27(25-19-18-22-12-10-11-15-24(22)21-25)30(29(33)34-2,26-16-8-5-9-17-26)31-28(32)23-13-6-4-7-14-23/h3-19,21,27H,1,20H2,2H3. The van der Waals surface area contributed by atoms with E-state index >= 15 is 0 Å². The van der Waals surface area contributed by atoms with Gasteiger partial charge in [0.05, 0.1) is 13.2 Å². The van der Waals surface area contributed by atoms with Crippen LogP contribution in [-0.4, -0.2) is 30.4 Å². The van der Waals surface area contributed by atoms with E-state index < -0.39 is 17.6 Å². The van der Waals surface area contributed by atoms with E-state index in [0.29, 0.717) is 6.54 Å². The van der Waals surface area contributed by atoms with Crippen molar-refractivity contribution in [3.8, 4) is 0 Å². The molecule has 0 radical (unpaired) electrons. The van der Waals surface area contributed by atoms with Crippen LogP contribution in [0.5, 0.6) is 0 Å². The van der Waals surface area contributed by atoms with E-state index in [1.807, 2.05) is 78.9 Å². The van der Waals surface area contributed by atoms with Crippen LogP contribution in [0.25, 0.3) is 10.8 Å². The molecule has 2 unspecified atom stereocenters. The first kappa shape index (κ1) is 21.7. The summed E-state index contributed by atoms with van der Waals surface area (Å²) in [6, 6.07) is 33.9. The number of methoxy groups -OCH3 is 1. The number of fused-ring (bicyclic) bond motifs is 1. The third-order valence-corrected chi connectivity index (χ3v) is 6.42. The zero-order valence-corrected chi connectivity index (χ0v) is 19.1. The highest BCUT2D eigenvalue weighted by molar-refractivity contribution is 6.04. The number of carbonyl (C=O) groups is 1. The average Bonchev–Trinajstić information content (AvgIpc) is 3.25. The lowest BCUT2D eigenvalue weighted by Gasteiger charge is -2.36. The Bertz CT molecular complexity index is 1360. The monoisotopic (exact) mass is 446 g/mol. The van der Waals surface area contributed by atoms with E-state index in [4.69, 9.17) is 9.73 Å². The molecular formula is C30H26N2O2. The third-order valence-electron chi connectivity index (χ3n) is 6.42. The summed E-state index contributed by atoms with van der Waals surface area (Å²) in [4.78, 5) is 21.1. The van der Waals surface area contributed by atoms with Gasteiger partial charge >= 0.3 is 5.97 Å². The molecule has 34 heavy (non-hydrogen) atoms. The highest BCUT2D eigenvalue weighted by atomic mass is 16.5. The third kappa shape index (κ3) is 3.48. The summed E-state index contributed by atoms with van der Waals surface area (Å²) in [5.41, 5.74) is 1.45. The summed E-state index contributed by atoms with van der Waals surface area (Å²) in [5.74, 6) is 0.352. The van der Waals surface area contributed by atoms with Gasteiger partial charge in [0.1, 0.15) is 5.84 Å². The number of amidine groups is 1. The highest BCUT2D eigenvalue weighted by Gasteiger charge is 2.56. The fourth-order valence-electron chi connectivity index (χ4n) is 4.93. The molecular weight excluding hydrogens is 420 g/mol. The van der Waals surface area contributed by atoms with E-state index in [0.717, 1.165) is 33.3 Å². The first-order valence-electron chi connectivity index (χ1n) is 11.3. The van der Waals surface area contributed by atoms with Gasteiger partial charge in [-0.1, -0.05) is 103 Å². The topological polar surface area (TPSA) is 41.9 Å². The minimum Gasteiger partial charge on any atom is -0.467 e. The Morgan fingerprint density at radius 2 is 1.59 bits per heavy atom. The van der Waals surface area contributed by atoms with Gasteiger partial charge in [-0.15, -0.1) is 6.58 Å². The summed E-state index contributed by atoms with van der Waals surface area (Å²) in [6.45, 7) is 4.53. The molecule has 5 rings (SSSR count). The van der Waals surface area contributed by atoms with Crippen LogP contribution in [-0.2, 0) is 15.1 Å². The molecule has 0 bridgehead atoms. The van der Waals surface area contributed by atoms with Gasteiger partial charge in [0.2, 0.25) is 5.54 Å². The van der Waals surface area contributed by atoms with Crippen molar-refractivity contribution in [2.75, 3.05) is 13.7 Å². The fraction of sp³-hybridized carbons (Fsp3) is 0.133. The Balaban J connectivity index is 1.82. The van der Waals surface area contributed by atoms with Crippen LogP contribution in [0.2, 0.25) is 0 Å². The zero-order valence-electron chi connectivity index (χ0n) is 19.1. The maximum absolute atomic E-state index is 13.7. The van der Waals surface area contributed by atoms with Gasteiger partial charge < -0.3 is 9.64 Å². The zero-order chi connectivity index (χ0) is 23.5. The Morgan fingerprint density at radius 1 is 0.941 bits per heavy atom. The van der Waals surface area contributed by atoms with Crippen molar-refractivity contribution < 1.29 is 9.53 Å². The Kier molecular flexibility index (Phi) is 5.72. The number of ether oxygens (including phenoxy) is 1. The predicted molar refractivity (Wildman–Crippen MR) is 137 cm³/mol. The average molecular weight is 447 g/mol. The summed E-state index contributed by atoms with van der Waals surface area (Å²) < 4.78 is 5.44.